The van der Waals surface area contributed by atoms with Gasteiger partial charge in [-0.3, -0.25) is 14.9 Å². The number of benzene rings is 1. The number of nitrogens with one attached hydrogen (secondary N) is 1. The molecule has 2 N–H and O–H groups in total. The van der Waals surface area contributed by atoms with Crippen LogP contribution in [0.5, 0.6) is 0 Å². The highest BCUT2D eigenvalue weighted by Crippen LogP contribution is 2.33. The lowest BCUT2D eigenvalue weighted by atomic mass is 10.1. The van der Waals surface area contributed by atoms with Crippen molar-refractivity contribution in [1.82, 2.24) is 24.4 Å². The number of piperazine rings is 1. The van der Waals surface area contributed by atoms with Crippen LogP contribution < -0.4 is 5.32 Å². The number of thiazole rings is 1. The quantitative estimate of drug-likeness (QED) is 0.408. The standard InChI is InChI=1S/C27H29N5O6S3/c1-2-17-3-4-18-12-25(39-21(18)11-17)41(36,37)31-5-6-32(19(16-31)13-24(34)30-7-9-38-10-8-30)27(35)26-29-20-14-23(33)28-15-22(20)40-26/h1,3-4,11-12,19,23,28,33H,5-10,13-16H2. The number of ether oxygens (including phenoxy) is 1. The number of carbonyl (C=O) groups is 2. The molecule has 2 atom stereocenters. The Balaban J connectivity index is 1.27. The Labute approximate surface area is 245 Å². The van der Waals surface area contributed by atoms with E-state index in [1.165, 1.54) is 15.6 Å². The fourth-order valence-corrected chi connectivity index (χ4v) is 9.40. The van der Waals surface area contributed by atoms with E-state index in [-0.39, 0.29) is 47.1 Å². The fraction of sp³-hybridized carbons (Fsp3) is 0.444. The van der Waals surface area contributed by atoms with Crippen LogP contribution in [0.2, 0.25) is 0 Å². The molecular formula is C27H29N5O6S3. The van der Waals surface area contributed by atoms with E-state index in [1.807, 2.05) is 6.07 Å². The SMILES string of the molecule is C#Cc1ccc2cc(S(=O)(=O)N3CCN(C(=O)c4nc5c(s4)CNC(O)C5)C(CC(=O)N4CCOCC4)C3)sc2c1. The van der Waals surface area contributed by atoms with Crippen molar-refractivity contribution in [3.8, 4) is 12.3 Å². The van der Waals surface area contributed by atoms with Gasteiger partial charge < -0.3 is 19.6 Å². The second kappa shape index (κ2) is 11.4. The molecule has 0 bridgehead atoms. The maximum atomic E-state index is 13.8. The number of sulfonamides is 1. The Hall–Kier alpha value is -2.90. The first-order valence-corrected chi connectivity index (χ1v) is 16.4. The highest BCUT2D eigenvalue weighted by Gasteiger charge is 2.40. The van der Waals surface area contributed by atoms with Crippen LogP contribution >= 0.6 is 22.7 Å². The molecule has 41 heavy (non-hydrogen) atoms. The molecule has 2 fully saturated rings. The lowest BCUT2D eigenvalue weighted by Gasteiger charge is -2.41. The van der Waals surface area contributed by atoms with Gasteiger partial charge in [0.2, 0.25) is 5.91 Å². The lowest BCUT2D eigenvalue weighted by molar-refractivity contribution is -0.136. The van der Waals surface area contributed by atoms with Crippen molar-refractivity contribution in [2.45, 2.75) is 35.9 Å². The summed E-state index contributed by atoms with van der Waals surface area (Å²) in [4.78, 5) is 35.7. The largest absolute Gasteiger partial charge is 0.378 e. The Morgan fingerprint density at radius 2 is 1.98 bits per heavy atom. The number of nitrogens with zero attached hydrogens (tertiary/aromatic N) is 4. The van der Waals surface area contributed by atoms with Gasteiger partial charge in [0.1, 0.15) is 10.4 Å². The minimum atomic E-state index is -3.89. The molecule has 3 aliphatic heterocycles. The van der Waals surface area contributed by atoms with Gasteiger partial charge in [-0.15, -0.1) is 29.1 Å². The Bertz CT molecular complexity index is 1640. The van der Waals surface area contributed by atoms with Crippen LogP contribution in [0.15, 0.2) is 28.5 Å². The van der Waals surface area contributed by atoms with E-state index < -0.39 is 22.3 Å². The van der Waals surface area contributed by atoms with Gasteiger partial charge in [-0.2, -0.15) is 4.31 Å². The molecule has 14 heteroatoms. The Morgan fingerprint density at radius 3 is 2.76 bits per heavy atom. The first kappa shape index (κ1) is 28.2. The zero-order chi connectivity index (χ0) is 28.7. The van der Waals surface area contributed by atoms with Gasteiger partial charge in [0.05, 0.1) is 24.9 Å². The maximum Gasteiger partial charge on any atom is 0.283 e. The summed E-state index contributed by atoms with van der Waals surface area (Å²) in [5.41, 5.74) is 1.36. The summed E-state index contributed by atoms with van der Waals surface area (Å²) in [6.45, 7) is 2.41. The van der Waals surface area contributed by atoms with Crippen LogP contribution in [0.3, 0.4) is 0 Å². The highest BCUT2D eigenvalue weighted by atomic mass is 32.2. The topological polar surface area (TPSA) is 132 Å². The number of carbonyl (C=O) groups excluding carboxylic acids is 2. The average molecular weight is 616 g/mol. The Kier molecular flexibility index (Phi) is 7.86. The molecular weight excluding hydrogens is 587 g/mol. The highest BCUT2D eigenvalue weighted by molar-refractivity contribution is 7.91. The number of hydrogen-bond donors (Lipinski definition) is 2. The number of aliphatic hydroxyl groups is 1. The van der Waals surface area contributed by atoms with E-state index in [1.54, 1.807) is 28.0 Å². The summed E-state index contributed by atoms with van der Waals surface area (Å²) < 4.78 is 35.3. The molecule has 0 spiro atoms. The number of aliphatic hydroxyl groups excluding tert-OH is 1. The van der Waals surface area contributed by atoms with Gasteiger partial charge in [0.15, 0.2) is 5.01 Å². The van der Waals surface area contributed by atoms with E-state index in [0.29, 0.717) is 50.5 Å². The summed E-state index contributed by atoms with van der Waals surface area (Å²) in [6, 6.07) is 6.35. The van der Waals surface area contributed by atoms with Crippen molar-refractivity contribution in [2.75, 3.05) is 45.9 Å². The maximum absolute atomic E-state index is 13.8. The van der Waals surface area contributed by atoms with Gasteiger partial charge in [0, 0.05) is 67.3 Å². The molecule has 11 nitrogen and oxygen atoms in total. The number of thiophene rings is 1. The minimum absolute atomic E-state index is 0.0128. The monoisotopic (exact) mass is 615 g/mol. The van der Waals surface area contributed by atoms with E-state index in [9.17, 15) is 23.1 Å². The zero-order valence-corrected chi connectivity index (χ0v) is 24.6. The molecule has 5 heterocycles. The van der Waals surface area contributed by atoms with Gasteiger partial charge in [-0.1, -0.05) is 12.0 Å². The number of fused-ring (bicyclic) bond motifs is 2. The van der Waals surface area contributed by atoms with E-state index in [2.05, 4.69) is 16.2 Å². The smallest absolute Gasteiger partial charge is 0.283 e. The van der Waals surface area contributed by atoms with E-state index >= 15 is 0 Å². The van der Waals surface area contributed by atoms with Gasteiger partial charge >= 0.3 is 0 Å². The normalized spacial score (nSPS) is 22.0. The second-order valence-corrected chi connectivity index (χ2v) is 14.5. The number of aromatic nitrogens is 1. The van der Waals surface area contributed by atoms with E-state index in [0.717, 1.165) is 26.3 Å². The van der Waals surface area contributed by atoms with Crippen molar-refractivity contribution in [3.63, 3.8) is 0 Å². The number of terminal acetylenes is 1. The minimum Gasteiger partial charge on any atom is -0.378 e. The van der Waals surface area contributed by atoms with Crippen LogP contribution in [0.4, 0.5) is 0 Å². The third-order valence-electron chi connectivity index (χ3n) is 7.58. The number of rotatable bonds is 5. The van der Waals surface area contributed by atoms with Gasteiger partial charge in [-0.05, 0) is 23.6 Å². The lowest BCUT2D eigenvalue weighted by Crippen LogP contribution is -2.58. The summed E-state index contributed by atoms with van der Waals surface area (Å²) >= 11 is 2.42. The molecule has 0 aliphatic carbocycles. The molecule has 3 aliphatic rings. The third-order valence-corrected chi connectivity index (χ3v) is 12.1. The van der Waals surface area contributed by atoms with Crippen LogP contribution in [-0.4, -0.2) is 103 Å². The predicted octanol–water partition coefficient (Wildman–Crippen LogP) is 1.07. The molecule has 2 saturated heterocycles. The number of amides is 2. The van der Waals surface area contributed by atoms with Crippen molar-refractivity contribution < 1.29 is 27.9 Å². The number of hydrogen-bond acceptors (Lipinski definition) is 10. The summed E-state index contributed by atoms with van der Waals surface area (Å²) in [5.74, 6) is 2.09. The molecule has 2 aromatic heterocycles. The van der Waals surface area contributed by atoms with Crippen LogP contribution in [0.1, 0.15) is 32.4 Å². The average Bonchev–Trinajstić information content (AvgIpc) is 3.61. The van der Waals surface area contributed by atoms with Crippen molar-refractivity contribution in [2.24, 2.45) is 0 Å². The van der Waals surface area contributed by atoms with Gasteiger partial charge in [0.25, 0.3) is 15.9 Å². The summed E-state index contributed by atoms with van der Waals surface area (Å²) in [7, 11) is -3.89. The first-order chi connectivity index (χ1) is 19.7. The van der Waals surface area contributed by atoms with E-state index in [4.69, 9.17) is 11.2 Å². The molecule has 2 unspecified atom stereocenters. The molecule has 6 rings (SSSR count). The van der Waals surface area contributed by atoms with Crippen LogP contribution in [0.25, 0.3) is 10.1 Å². The summed E-state index contributed by atoms with van der Waals surface area (Å²) in [5, 5.41) is 13.9. The first-order valence-electron chi connectivity index (χ1n) is 13.3. The fourth-order valence-electron chi connectivity index (χ4n) is 5.34. The molecule has 2 amide bonds. The Morgan fingerprint density at radius 1 is 1.17 bits per heavy atom. The van der Waals surface area contributed by atoms with Crippen LogP contribution in [-0.2, 0) is 32.5 Å². The second-order valence-electron chi connectivity index (χ2n) is 10.2. The molecule has 1 aromatic carbocycles. The molecule has 0 saturated carbocycles. The molecule has 0 radical (unpaired) electrons. The van der Waals surface area contributed by atoms with Gasteiger partial charge in [-0.25, -0.2) is 13.4 Å². The van der Waals surface area contributed by atoms with Crippen molar-refractivity contribution in [3.05, 3.63) is 45.4 Å². The van der Waals surface area contributed by atoms with Crippen LogP contribution in [0, 0.1) is 12.3 Å². The zero-order valence-electron chi connectivity index (χ0n) is 22.1. The third kappa shape index (κ3) is 5.63. The molecule has 3 aromatic rings. The summed E-state index contributed by atoms with van der Waals surface area (Å²) in [6.07, 6.45) is 5.09. The number of morpholine rings is 1. The van der Waals surface area contributed by atoms with Crippen molar-refractivity contribution in [1.29, 1.82) is 0 Å². The molecule has 216 valence electrons. The van der Waals surface area contributed by atoms with Crippen molar-refractivity contribution >= 4 is 54.6 Å². The predicted molar refractivity (Wildman–Crippen MR) is 154 cm³/mol.